The summed E-state index contributed by atoms with van der Waals surface area (Å²) < 4.78 is 0. The van der Waals surface area contributed by atoms with Gasteiger partial charge in [-0.05, 0) is 0 Å². The summed E-state index contributed by atoms with van der Waals surface area (Å²) in [7, 11) is 0. The fourth-order valence-corrected chi connectivity index (χ4v) is 0. The molecule has 0 aromatic carbocycles. The van der Waals surface area contributed by atoms with Gasteiger partial charge in [0.25, 0.3) is 0 Å². The summed E-state index contributed by atoms with van der Waals surface area (Å²) in [6, 6.07) is 0. The molecule has 0 saturated carbocycles. The standard InChI is InChI=1S/2K.O2/c;;1-2/q2*+1;-2. The Balaban J connectivity index is -0.00000000500. The predicted molar refractivity (Wildman–Crippen MR) is 0 cm³/mol. The normalized spacial score (nSPS) is 1.50. The Morgan fingerprint density at radius 3 is 0.750 bits per heavy atom. The zero-order chi connectivity index (χ0) is 2.00. The van der Waals surface area contributed by atoms with E-state index in [-0.39, 0.29) is 103 Å². The van der Waals surface area contributed by atoms with Crippen molar-refractivity contribution in [3.63, 3.8) is 0 Å². The van der Waals surface area contributed by atoms with Gasteiger partial charge in [-0.25, -0.2) is 0 Å². The van der Waals surface area contributed by atoms with Gasteiger partial charge in [-0.15, -0.1) is 0 Å². The first-order chi connectivity index (χ1) is 1.00. The Bertz CT molecular complexity index is 4.00. The minimum absolute atomic E-state index is 0. The van der Waals surface area contributed by atoms with E-state index in [2.05, 4.69) is 0 Å². The molecule has 0 aromatic rings. The Labute approximate surface area is 110 Å². The van der Waals surface area contributed by atoms with Crippen LogP contribution in [-0.2, 0) is 0 Å². The maximum atomic E-state index is 7.00. The molecule has 0 heterocycles. The van der Waals surface area contributed by atoms with Gasteiger partial charge < -0.3 is 10.5 Å². The molecule has 14 valence electrons. The fraction of sp³-hybridized carbons (Fsp3) is 0. The molecule has 0 spiro atoms. The van der Waals surface area contributed by atoms with E-state index in [9.17, 15) is 0 Å². The molecule has 0 aromatic heterocycles. The molecular weight excluding hydrogens is 110 g/mol. The summed E-state index contributed by atoms with van der Waals surface area (Å²) in [5, 5.41) is 14.0. The van der Waals surface area contributed by atoms with Crippen molar-refractivity contribution >= 4 is 0 Å². The summed E-state index contributed by atoms with van der Waals surface area (Å²) in [5.41, 5.74) is 0. The minimum atomic E-state index is 0. The van der Waals surface area contributed by atoms with Gasteiger partial charge >= 0.3 is 103 Å². The predicted octanol–water partition coefficient (Wildman–Crippen LogP) is -8.37. The van der Waals surface area contributed by atoms with Gasteiger partial charge in [0.05, 0.1) is 0 Å². The van der Waals surface area contributed by atoms with Gasteiger partial charge in [-0.2, -0.15) is 0 Å². The molecule has 0 bridgehead atoms. The monoisotopic (exact) mass is 110 g/mol. The van der Waals surface area contributed by atoms with Crippen LogP contribution in [0.5, 0.6) is 0 Å². The molecule has 0 radical (unpaired) electrons. The van der Waals surface area contributed by atoms with Crippen LogP contribution in [0.15, 0.2) is 0 Å². The van der Waals surface area contributed by atoms with Crippen LogP contribution >= 0.6 is 0 Å². The van der Waals surface area contributed by atoms with Gasteiger partial charge in [0.2, 0.25) is 0 Å². The molecule has 2 nitrogen and oxygen atoms in total. The molecule has 0 fully saturated rings. The molecule has 0 atom stereocenters. The molecule has 0 N–H and O–H groups in total. The molecular formula is K2O2. The van der Waals surface area contributed by atoms with Crippen LogP contribution in [-0.4, -0.2) is 0 Å². The van der Waals surface area contributed by atoms with E-state index in [0.29, 0.717) is 0 Å². The summed E-state index contributed by atoms with van der Waals surface area (Å²) in [4.78, 5) is 0. The summed E-state index contributed by atoms with van der Waals surface area (Å²) >= 11 is 0. The van der Waals surface area contributed by atoms with E-state index < -0.39 is 0 Å². The first-order valence-electron chi connectivity index (χ1n) is 0.167. The Kier molecular flexibility index (Phi) is 64.3. The second-order valence-electron chi connectivity index (χ2n) is 0. The van der Waals surface area contributed by atoms with Gasteiger partial charge in [0.15, 0.2) is 0 Å². The van der Waals surface area contributed by atoms with Crippen LogP contribution in [0.1, 0.15) is 0 Å². The Morgan fingerprint density at radius 2 is 0.750 bits per heavy atom. The molecule has 4 heavy (non-hydrogen) atoms. The van der Waals surface area contributed by atoms with Gasteiger partial charge in [-0.1, -0.05) is 0 Å². The third kappa shape index (κ3) is 8.95. The van der Waals surface area contributed by atoms with Crippen LogP contribution < -0.4 is 113 Å². The third-order valence-corrected chi connectivity index (χ3v) is 0. The molecule has 0 saturated heterocycles. The second kappa shape index (κ2) is 16.4. The largest absolute Gasteiger partial charge is 1.00 e. The van der Waals surface area contributed by atoms with E-state index in [4.69, 9.17) is 10.5 Å². The minimum Gasteiger partial charge on any atom is -1.00 e. The summed E-state index contributed by atoms with van der Waals surface area (Å²) in [5.74, 6) is 0. The molecule has 0 rings (SSSR count). The first kappa shape index (κ1) is 15.7. The molecule has 0 aliphatic rings. The molecule has 0 aliphatic carbocycles. The Morgan fingerprint density at radius 1 is 0.750 bits per heavy atom. The van der Waals surface area contributed by atoms with E-state index in [1.54, 1.807) is 0 Å². The fourth-order valence-electron chi connectivity index (χ4n) is 0. The quantitative estimate of drug-likeness (QED) is 0.177. The van der Waals surface area contributed by atoms with Crippen molar-refractivity contribution in [3.05, 3.63) is 0 Å². The maximum absolute atomic E-state index is 7.00. The van der Waals surface area contributed by atoms with Crippen molar-refractivity contribution in [2.75, 3.05) is 0 Å². The molecule has 0 amide bonds. The van der Waals surface area contributed by atoms with E-state index in [1.807, 2.05) is 0 Å². The smallest absolute Gasteiger partial charge is 1.00 e. The molecule has 0 aliphatic heterocycles. The Hall–Kier alpha value is 3.19. The maximum Gasteiger partial charge on any atom is 1.00 e. The average Bonchev–Trinajstić information content (AvgIpc) is 1.00. The van der Waals surface area contributed by atoms with Crippen LogP contribution in [0.4, 0.5) is 0 Å². The number of hydrogen-bond acceptors (Lipinski definition) is 2. The number of rotatable bonds is 0. The van der Waals surface area contributed by atoms with Crippen LogP contribution in [0.3, 0.4) is 0 Å². The van der Waals surface area contributed by atoms with Gasteiger partial charge in [0.1, 0.15) is 0 Å². The van der Waals surface area contributed by atoms with Crippen molar-refractivity contribution in [1.29, 1.82) is 0 Å². The summed E-state index contributed by atoms with van der Waals surface area (Å²) in [6.45, 7) is 0. The SMILES string of the molecule is [K+].[K+].[O-][O-]. The van der Waals surface area contributed by atoms with Crippen LogP contribution in [0, 0.1) is 0 Å². The van der Waals surface area contributed by atoms with E-state index in [0.717, 1.165) is 0 Å². The topological polar surface area (TPSA) is 46.1 Å². The summed E-state index contributed by atoms with van der Waals surface area (Å²) in [6.07, 6.45) is 0. The number of hydrogen-bond donors (Lipinski definition) is 0. The third-order valence-electron chi connectivity index (χ3n) is 0. The van der Waals surface area contributed by atoms with Gasteiger partial charge in [-0.3, -0.25) is 0 Å². The second-order valence-corrected chi connectivity index (χ2v) is 0. The van der Waals surface area contributed by atoms with Crippen molar-refractivity contribution in [1.82, 2.24) is 0 Å². The van der Waals surface area contributed by atoms with Crippen molar-refractivity contribution in [2.45, 2.75) is 0 Å². The van der Waals surface area contributed by atoms with Gasteiger partial charge in [0, 0.05) is 0 Å². The zero-order valence-electron chi connectivity index (χ0n) is 2.82. The first-order valence-corrected chi connectivity index (χ1v) is 0.167. The zero-order valence-corrected chi connectivity index (χ0v) is 9.06. The molecule has 4 heteroatoms. The molecule has 0 unspecified atom stereocenters. The average molecular weight is 110 g/mol. The van der Waals surface area contributed by atoms with Crippen molar-refractivity contribution < 1.29 is 113 Å². The van der Waals surface area contributed by atoms with Crippen LogP contribution in [0.2, 0.25) is 0 Å². The van der Waals surface area contributed by atoms with Crippen molar-refractivity contribution in [3.8, 4) is 0 Å². The van der Waals surface area contributed by atoms with E-state index >= 15 is 0 Å². The van der Waals surface area contributed by atoms with E-state index in [1.165, 1.54) is 0 Å². The van der Waals surface area contributed by atoms with Crippen LogP contribution in [0.25, 0.3) is 0 Å². The van der Waals surface area contributed by atoms with Crippen molar-refractivity contribution in [2.24, 2.45) is 0 Å².